The van der Waals surface area contributed by atoms with E-state index < -0.39 is 5.91 Å². The molecule has 0 aromatic heterocycles. The van der Waals surface area contributed by atoms with E-state index in [-0.39, 0.29) is 17.9 Å². The van der Waals surface area contributed by atoms with Crippen LogP contribution in [-0.2, 0) is 6.42 Å². The van der Waals surface area contributed by atoms with Crippen LogP contribution in [-0.4, -0.2) is 11.8 Å². The largest absolute Gasteiger partial charge is 0.366 e. The Balaban J connectivity index is 2.14. The maximum atomic E-state index is 12.6. The highest BCUT2D eigenvalue weighted by Crippen LogP contribution is 2.23. The highest BCUT2D eigenvalue weighted by Gasteiger charge is 2.19. The maximum absolute atomic E-state index is 12.6. The molecule has 0 heterocycles. The van der Waals surface area contributed by atoms with Crippen LogP contribution in [0.1, 0.15) is 65.6 Å². The molecule has 2 amide bonds. The molecule has 26 heavy (non-hydrogen) atoms. The van der Waals surface area contributed by atoms with Gasteiger partial charge in [-0.05, 0) is 53.6 Å². The van der Waals surface area contributed by atoms with Gasteiger partial charge in [0, 0.05) is 11.1 Å². The summed E-state index contributed by atoms with van der Waals surface area (Å²) in [4.78, 5) is 23.7. The first kappa shape index (κ1) is 19.7. The third-order valence-electron chi connectivity index (χ3n) is 4.37. The minimum absolute atomic E-state index is 0.0774. The first-order valence-corrected chi connectivity index (χ1v) is 9.07. The summed E-state index contributed by atoms with van der Waals surface area (Å²) >= 11 is 0. The molecule has 0 saturated carbocycles. The Morgan fingerprint density at radius 3 is 1.88 bits per heavy atom. The van der Waals surface area contributed by atoms with Gasteiger partial charge in [0.2, 0.25) is 5.91 Å². The Bertz CT molecular complexity index is 747. The van der Waals surface area contributed by atoms with E-state index in [0.717, 1.165) is 12.0 Å². The van der Waals surface area contributed by atoms with Crippen molar-refractivity contribution in [1.82, 2.24) is 5.32 Å². The van der Waals surface area contributed by atoms with Gasteiger partial charge in [0.05, 0.1) is 6.04 Å². The second-order valence-corrected chi connectivity index (χ2v) is 7.48. The number of nitrogens with two attached hydrogens (primary N) is 1. The van der Waals surface area contributed by atoms with Gasteiger partial charge in [-0.2, -0.15) is 0 Å². The van der Waals surface area contributed by atoms with Crippen molar-refractivity contribution in [3.63, 3.8) is 0 Å². The Kier molecular flexibility index (Phi) is 6.56. The van der Waals surface area contributed by atoms with Crippen LogP contribution in [0.3, 0.4) is 0 Å². The van der Waals surface area contributed by atoms with Crippen LogP contribution in [0, 0.1) is 11.8 Å². The number of rotatable bonds is 7. The van der Waals surface area contributed by atoms with E-state index in [2.05, 4.69) is 57.3 Å². The smallest absolute Gasteiger partial charge is 0.251 e. The highest BCUT2D eigenvalue weighted by molar-refractivity contribution is 5.97. The van der Waals surface area contributed by atoms with Crippen LogP contribution in [0.5, 0.6) is 0 Å². The summed E-state index contributed by atoms with van der Waals surface area (Å²) in [6.07, 6.45) is 1.05. The Morgan fingerprint density at radius 2 is 1.42 bits per heavy atom. The van der Waals surface area contributed by atoms with Crippen LogP contribution in [0.4, 0.5) is 0 Å². The minimum Gasteiger partial charge on any atom is -0.366 e. The summed E-state index contributed by atoms with van der Waals surface area (Å²) in [5.41, 5.74) is 8.54. The molecule has 0 saturated heterocycles. The van der Waals surface area contributed by atoms with E-state index in [0.29, 0.717) is 17.0 Å². The average molecular weight is 352 g/mol. The van der Waals surface area contributed by atoms with Gasteiger partial charge in [-0.3, -0.25) is 9.59 Å². The van der Waals surface area contributed by atoms with E-state index in [1.165, 1.54) is 5.56 Å². The summed E-state index contributed by atoms with van der Waals surface area (Å²) in [7, 11) is 0. The van der Waals surface area contributed by atoms with Crippen molar-refractivity contribution in [1.29, 1.82) is 0 Å². The first-order valence-electron chi connectivity index (χ1n) is 9.07. The molecule has 0 aliphatic rings. The van der Waals surface area contributed by atoms with Crippen molar-refractivity contribution < 1.29 is 9.59 Å². The van der Waals surface area contributed by atoms with E-state index in [1.54, 1.807) is 24.3 Å². The predicted molar refractivity (Wildman–Crippen MR) is 105 cm³/mol. The molecule has 2 aromatic rings. The molecule has 0 fully saturated rings. The fourth-order valence-corrected chi connectivity index (χ4v) is 2.98. The third kappa shape index (κ3) is 5.19. The summed E-state index contributed by atoms with van der Waals surface area (Å²) in [6.45, 7) is 8.58. The second-order valence-electron chi connectivity index (χ2n) is 7.48. The van der Waals surface area contributed by atoms with Crippen LogP contribution in [0.15, 0.2) is 48.5 Å². The van der Waals surface area contributed by atoms with Crippen molar-refractivity contribution in [2.24, 2.45) is 17.6 Å². The molecule has 138 valence electrons. The summed E-state index contributed by atoms with van der Waals surface area (Å²) in [6, 6.07) is 14.8. The lowest BCUT2D eigenvalue weighted by atomic mass is 9.93. The van der Waals surface area contributed by atoms with Gasteiger partial charge in [0.25, 0.3) is 5.91 Å². The molecule has 0 bridgehead atoms. The molecular formula is C22H28N2O2. The van der Waals surface area contributed by atoms with E-state index in [9.17, 15) is 9.59 Å². The molecule has 2 aromatic carbocycles. The van der Waals surface area contributed by atoms with Gasteiger partial charge in [0.1, 0.15) is 0 Å². The van der Waals surface area contributed by atoms with Crippen LogP contribution in [0.2, 0.25) is 0 Å². The van der Waals surface area contributed by atoms with Gasteiger partial charge < -0.3 is 11.1 Å². The maximum Gasteiger partial charge on any atom is 0.251 e. The standard InChI is InChI=1S/C22H28N2O2/c1-14(2)13-16-5-7-17(8-6-16)20(15(3)4)24-22(26)19-11-9-18(10-12-19)21(23)25/h5-12,14-15,20H,13H2,1-4H3,(H2,23,25)(H,24,26). The fourth-order valence-electron chi connectivity index (χ4n) is 2.98. The van der Waals surface area contributed by atoms with E-state index in [4.69, 9.17) is 5.73 Å². The molecule has 0 radical (unpaired) electrons. The Morgan fingerprint density at radius 1 is 0.885 bits per heavy atom. The van der Waals surface area contributed by atoms with E-state index in [1.807, 2.05) is 0 Å². The van der Waals surface area contributed by atoms with Gasteiger partial charge in [-0.25, -0.2) is 0 Å². The van der Waals surface area contributed by atoms with Crippen molar-refractivity contribution in [2.75, 3.05) is 0 Å². The van der Waals surface area contributed by atoms with Crippen LogP contribution < -0.4 is 11.1 Å². The molecule has 2 rings (SSSR count). The van der Waals surface area contributed by atoms with Crippen LogP contribution >= 0.6 is 0 Å². The number of primary amides is 1. The normalized spacial score (nSPS) is 12.2. The SMILES string of the molecule is CC(C)Cc1ccc(C(NC(=O)c2ccc(C(N)=O)cc2)C(C)C)cc1. The Labute approximate surface area is 155 Å². The average Bonchev–Trinajstić information content (AvgIpc) is 2.59. The highest BCUT2D eigenvalue weighted by atomic mass is 16.2. The molecule has 0 spiro atoms. The molecule has 1 unspecified atom stereocenters. The zero-order valence-corrected chi connectivity index (χ0v) is 16.0. The van der Waals surface area contributed by atoms with Gasteiger partial charge in [-0.1, -0.05) is 52.0 Å². The monoisotopic (exact) mass is 352 g/mol. The number of carbonyl (C=O) groups is 2. The topological polar surface area (TPSA) is 72.2 Å². The molecule has 1 atom stereocenters. The van der Waals surface area contributed by atoms with Gasteiger partial charge in [-0.15, -0.1) is 0 Å². The Hall–Kier alpha value is -2.62. The number of nitrogens with one attached hydrogen (secondary N) is 1. The number of benzene rings is 2. The van der Waals surface area contributed by atoms with Crippen LogP contribution in [0.25, 0.3) is 0 Å². The molecular weight excluding hydrogens is 324 g/mol. The quantitative estimate of drug-likeness (QED) is 0.787. The third-order valence-corrected chi connectivity index (χ3v) is 4.37. The lowest BCUT2D eigenvalue weighted by Crippen LogP contribution is -2.31. The zero-order chi connectivity index (χ0) is 19.3. The van der Waals surface area contributed by atoms with Gasteiger partial charge >= 0.3 is 0 Å². The summed E-state index contributed by atoms with van der Waals surface area (Å²) in [5.74, 6) is 0.203. The zero-order valence-electron chi connectivity index (χ0n) is 16.0. The first-order chi connectivity index (χ1) is 12.3. The number of hydrogen-bond donors (Lipinski definition) is 2. The molecule has 3 N–H and O–H groups in total. The molecule has 4 nitrogen and oxygen atoms in total. The molecule has 4 heteroatoms. The fraction of sp³-hybridized carbons (Fsp3) is 0.364. The van der Waals surface area contributed by atoms with Crippen molar-refractivity contribution in [3.8, 4) is 0 Å². The van der Waals surface area contributed by atoms with Crippen molar-refractivity contribution >= 4 is 11.8 Å². The summed E-state index contributed by atoms with van der Waals surface area (Å²) in [5, 5.41) is 3.10. The lowest BCUT2D eigenvalue weighted by molar-refractivity contribution is 0.0924. The number of carbonyl (C=O) groups excluding carboxylic acids is 2. The number of amides is 2. The van der Waals surface area contributed by atoms with Gasteiger partial charge in [0.15, 0.2) is 0 Å². The second kappa shape index (κ2) is 8.65. The predicted octanol–water partition coefficient (Wildman–Crippen LogP) is 4.11. The minimum atomic E-state index is -0.501. The van der Waals surface area contributed by atoms with Crippen molar-refractivity contribution in [3.05, 3.63) is 70.8 Å². The number of hydrogen-bond acceptors (Lipinski definition) is 2. The van der Waals surface area contributed by atoms with E-state index >= 15 is 0 Å². The lowest BCUT2D eigenvalue weighted by Gasteiger charge is -2.23. The molecule has 0 aliphatic carbocycles. The van der Waals surface area contributed by atoms with Crippen molar-refractivity contribution in [2.45, 2.75) is 40.2 Å². The molecule has 0 aliphatic heterocycles. The summed E-state index contributed by atoms with van der Waals surface area (Å²) < 4.78 is 0.